The first-order chi connectivity index (χ1) is 13.5. The molecule has 28 heavy (non-hydrogen) atoms. The molecule has 0 radical (unpaired) electrons. The van der Waals surface area contributed by atoms with Crippen LogP contribution in [-0.2, 0) is 4.79 Å². The third kappa shape index (κ3) is 4.58. The Hall–Kier alpha value is -2.28. The molecule has 0 bridgehead atoms. The van der Waals surface area contributed by atoms with Gasteiger partial charge in [0, 0.05) is 39.4 Å². The van der Waals surface area contributed by atoms with Gasteiger partial charge in [0.15, 0.2) is 0 Å². The van der Waals surface area contributed by atoms with Crippen LogP contribution in [0.4, 0.5) is 0 Å². The van der Waals surface area contributed by atoms with Gasteiger partial charge in [0.25, 0.3) is 5.91 Å². The van der Waals surface area contributed by atoms with Crippen LogP contribution in [0.1, 0.15) is 49.4 Å². The van der Waals surface area contributed by atoms with Crippen molar-refractivity contribution in [3.63, 3.8) is 0 Å². The Kier molecular flexibility index (Phi) is 6.78. The number of hydrogen-bond donors (Lipinski definition) is 1. The number of piperidine rings is 2. The molecule has 1 aromatic rings. The molecule has 2 fully saturated rings. The van der Waals surface area contributed by atoms with Crippen LogP contribution in [0.5, 0.6) is 11.5 Å². The van der Waals surface area contributed by atoms with Crippen molar-refractivity contribution in [3.05, 3.63) is 23.8 Å². The summed E-state index contributed by atoms with van der Waals surface area (Å²) >= 11 is 0. The summed E-state index contributed by atoms with van der Waals surface area (Å²) in [5.41, 5.74) is 0.466. The maximum absolute atomic E-state index is 13.3. The van der Waals surface area contributed by atoms with E-state index in [9.17, 15) is 14.7 Å². The zero-order valence-electron chi connectivity index (χ0n) is 16.7. The zero-order valence-corrected chi connectivity index (χ0v) is 16.7. The molecular weight excluding hydrogens is 360 g/mol. The van der Waals surface area contributed by atoms with E-state index in [2.05, 4.69) is 0 Å². The number of likely N-dealkylation sites (tertiary alicyclic amines) is 2. The minimum Gasteiger partial charge on any atom is -0.497 e. The number of aliphatic hydroxyl groups excluding tert-OH is 1. The van der Waals surface area contributed by atoms with Gasteiger partial charge in [-0.1, -0.05) is 0 Å². The molecule has 154 valence electrons. The summed E-state index contributed by atoms with van der Waals surface area (Å²) in [4.78, 5) is 28.4. The lowest BCUT2D eigenvalue weighted by atomic mass is 10.0. The highest BCUT2D eigenvalue weighted by Gasteiger charge is 2.30. The number of methoxy groups -OCH3 is 1. The molecular formula is C21H30N2O5. The standard InChI is InChI=1S/C21H30N2O5/c1-15(25)22-11-8-17(9-12-22)28-20-7-6-18(27-2)13-19(20)21(26)23-10-4-3-5-16(23)14-24/h6-7,13,16-17,24H,3-5,8-12,14H2,1-2H3. The number of hydrogen-bond acceptors (Lipinski definition) is 5. The molecule has 1 N–H and O–H groups in total. The maximum Gasteiger partial charge on any atom is 0.258 e. The van der Waals surface area contributed by atoms with Gasteiger partial charge in [-0.3, -0.25) is 9.59 Å². The minimum absolute atomic E-state index is 0.0323. The molecule has 2 aliphatic rings. The van der Waals surface area contributed by atoms with Gasteiger partial charge >= 0.3 is 0 Å². The number of carbonyl (C=O) groups is 2. The second-order valence-corrected chi connectivity index (χ2v) is 7.52. The molecule has 7 nitrogen and oxygen atoms in total. The van der Waals surface area contributed by atoms with E-state index in [4.69, 9.17) is 9.47 Å². The van der Waals surface area contributed by atoms with Gasteiger partial charge in [0.05, 0.1) is 25.3 Å². The molecule has 0 aliphatic carbocycles. The fourth-order valence-corrected chi connectivity index (χ4v) is 3.99. The van der Waals surface area contributed by atoms with Crippen LogP contribution in [0.3, 0.4) is 0 Å². The summed E-state index contributed by atoms with van der Waals surface area (Å²) in [6, 6.07) is 5.13. The SMILES string of the molecule is COc1ccc(OC2CCN(C(C)=O)CC2)c(C(=O)N2CCCCC2CO)c1. The van der Waals surface area contributed by atoms with E-state index in [1.54, 1.807) is 37.1 Å². The lowest BCUT2D eigenvalue weighted by Gasteiger charge is -2.35. The fourth-order valence-electron chi connectivity index (χ4n) is 3.99. The van der Waals surface area contributed by atoms with E-state index in [0.717, 1.165) is 32.1 Å². The highest BCUT2D eigenvalue weighted by Crippen LogP contribution is 2.30. The lowest BCUT2D eigenvalue weighted by molar-refractivity contribution is -0.130. The molecule has 1 aromatic carbocycles. The van der Waals surface area contributed by atoms with Crippen molar-refractivity contribution in [3.8, 4) is 11.5 Å². The lowest BCUT2D eigenvalue weighted by Crippen LogP contribution is -2.46. The summed E-state index contributed by atoms with van der Waals surface area (Å²) in [5, 5.41) is 9.68. The Morgan fingerprint density at radius 1 is 1.14 bits per heavy atom. The van der Waals surface area contributed by atoms with Crippen LogP contribution in [-0.4, -0.2) is 72.2 Å². The van der Waals surface area contributed by atoms with Crippen molar-refractivity contribution in [1.29, 1.82) is 0 Å². The summed E-state index contributed by atoms with van der Waals surface area (Å²) in [7, 11) is 1.57. The van der Waals surface area contributed by atoms with Crippen LogP contribution < -0.4 is 9.47 Å². The molecule has 7 heteroatoms. The molecule has 0 saturated carbocycles. The predicted octanol–water partition coefficient (Wildman–Crippen LogP) is 2.07. The van der Waals surface area contributed by atoms with Gasteiger partial charge in [-0.15, -0.1) is 0 Å². The summed E-state index contributed by atoms with van der Waals surface area (Å²) in [5.74, 6) is 1.08. The van der Waals surface area contributed by atoms with Gasteiger partial charge in [-0.25, -0.2) is 0 Å². The topological polar surface area (TPSA) is 79.3 Å². The van der Waals surface area contributed by atoms with Crippen LogP contribution >= 0.6 is 0 Å². The summed E-state index contributed by atoms with van der Waals surface area (Å²) in [6.07, 6.45) is 4.21. The highest BCUT2D eigenvalue weighted by atomic mass is 16.5. The average Bonchev–Trinajstić information content (AvgIpc) is 2.73. The first-order valence-electron chi connectivity index (χ1n) is 10.1. The van der Waals surface area contributed by atoms with Crippen molar-refractivity contribution in [2.75, 3.05) is 33.4 Å². The Morgan fingerprint density at radius 2 is 1.89 bits per heavy atom. The third-order valence-electron chi connectivity index (χ3n) is 5.70. The van der Waals surface area contributed by atoms with E-state index in [1.807, 2.05) is 4.90 Å². The Morgan fingerprint density at radius 3 is 2.54 bits per heavy atom. The van der Waals surface area contributed by atoms with Crippen LogP contribution in [0, 0.1) is 0 Å². The van der Waals surface area contributed by atoms with E-state index >= 15 is 0 Å². The van der Waals surface area contributed by atoms with E-state index in [0.29, 0.717) is 36.7 Å². The third-order valence-corrected chi connectivity index (χ3v) is 5.70. The van der Waals surface area contributed by atoms with Gasteiger partial charge in [0.2, 0.25) is 5.91 Å². The molecule has 2 amide bonds. The number of aliphatic hydroxyl groups is 1. The molecule has 2 aliphatic heterocycles. The first-order valence-corrected chi connectivity index (χ1v) is 10.1. The number of ether oxygens (including phenoxy) is 2. The number of amides is 2. The second kappa shape index (κ2) is 9.28. The van der Waals surface area contributed by atoms with Crippen molar-refractivity contribution in [1.82, 2.24) is 9.80 Å². The van der Waals surface area contributed by atoms with Gasteiger partial charge < -0.3 is 24.4 Å². The predicted molar refractivity (Wildman–Crippen MR) is 105 cm³/mol. The zero-order chi connectivity index (χ0) is 20.1. The molecule has 3 rings (SSSR count). The molecule has 0 spiro atoms. The minimum atomic E-state index is -0.154. The van der Waals surface area contributed by atoms with Gasteiger partial charge in [-0.2, -0.15) is 0 Å². The van der Waals surface area contributed by atoms with Crippen LogP contribution in [0.2, 0.25) is 0 Å². The quantitative estimate of drug-likeness (QED) is 0.833. The number of rotatable bonds is 5. The van der Waals surface area contributed by atoms with Gasteiger partial charge in [0.1, 0.15) is 17.6 Å². The Balaban J connectivity index is 1.78. The van der Waals surface area contributed by atoms with Crippen molar-refractivity contribution >= 4 is 11.8 Å². The van der Waals surface area contributed by atoms with Crippen molar-refractivity contribution in [2.45, 2.75) is 51.2 Å². The normalized spacial score (nSPS) is 20.8. The van der Waals surface area contributed by atoms with E-state index < -0.39 is 0 Å². The second-order valence-electron chi connectivity index (χ2n) is 7.52. The smallest absolute Gasteiger partial charge is 0.258 e. The monoisotopic (exact) mass is 390 g/mol. The first kappa shape index (κ1) is 20.5. The number of carbonyl (C=O) groups excluding carboxylic acids is 2. The Labute approximate surface area is 166 Å². The molecule has 2 heterocycles. The van der Waals surface area contributed by atoms with Gasteiger partial charge in [-0.05, 0) is 37.5 Å². The number of nitrogens with zero attached hydrogens (tertiary/aromatic N) is 2. The highest BCUT2D eigenvalue weighted by molar-refractivity contribution is 5.97. The Bertz CT molecular complexity index is 700. The van der Waals surface area contributed by atoms with E-state index in [1.165, 1.54) is 0 Å². The molecule has 0 aromatic heterocycles. The van der Waals surface area contributed by atoms with Crippen molar-refractivity contribution < 1.29 is 24.2 Å². The molecule has 1 unspecified atom stereocenters. The summed E-state index contributed by atoms with van der Waals surface area (Å²) < 4.78 is 11.5. The van der Waals surface area contributed by atoms with Crippen LogP contribution in [0.15, 0.2) is 18.2 Å². The molecule has 1 atom stereocenters. The molecule has 2 saturated heterocycles. The fraction of sp³-hybridized carbons (Fsp3) is 0.619. The number of benzene rings is 1. The van der Waals surface area contributed by atoms with Crippen LogP contribution in [0.25, 0.3) is 0 Å². The average molecular weight is 390 g/mol. The van der Waals surface area contributed by atoms with E-state index in [-0.39, 0.29) is 30.6 Å². The largest absolute Gasteiger partial charge is 0.497 e. The maximum atomic E-state index is 13.3. The van der Waals surface area contributed by atoms with Crippen molar-refractivity contribution in [2.24, 2.45) is 0 Å². The summed E-state index contributed by atoms with van der Waals surface area (Å²) in [6.45, 7) is 3.51.